The normalized spacial score (nSPS) is 18.3. The van der Waals surface area contributed by atoms with Crippen LogP contribution in [-0.2, 0) is 4.74 Å². The fraction of sp³-hybridized carbons (Fsp3) is 1.00. The molecule has 19 heavy (non-hydrogen) atoms. The molecule has 0 saturated carbocycles. The van der Waals surface area contributed by atoms with Gasteiger partial charge in [0, 0.05) is 26.3 Å². The number of rotatable bonds is 10. The lowest BCUT2D eigenvalue weighted by Crippen LogP contribution is -2.39. The second-order valence-electron chi connectivity index (χ2n) is 6.08. The number of likely N-dealkylation sites (tertiary alicyclic amines) is 1. The van der Waals surface area contributed by atoms with E-state index in [-0.39, 0.29) is 0 Å². The van der Waals surface area contributed by atoms with E-state index in [2.05, 4.69) is 31.0 Å². The number of unbranched alkanes of at least 4 members (excludes halogenated alkanes) is 1. The van der Waals surface area contributed by atoms with Gasteiger partial charge in [-0.2, -0.15) is 0 Å². The standard InChI is InChI=1S/C16H34N2O/c1-4-19-14-6-5-9-17-10-13-18-11-7-16(8-12-18)15(2)3/h15-17H,4-14H2,1-3H3. The van der Waals surface area contributed by atoms with Crippen molar-refractivity contribution in [1.29, 1.82) is 0 Å². The lowest BCUT2D eigenvalue weighted by molar-refractivity contribution is 0.143. The van der Waals surface area contributed by atoms with Crippen molar-refractivity contribution in [2.24, 2.45) is 11.8 Å². The van der Waals surface area contributed by atoms with Gasteiger partial charge in [0.15, 0.2) is 0 Å². The molecule has 1 aliphatic heterocycles. The summed E-state index contributed by atoms with van der Waals surface area (Å²) in [4.78, 5) is 2.62. The zero-order valence-electron chi connectivity index (χ0n) is 13.3. The van der Waals surface area contributed by atoms with E-state index in [1.54, 1.807) is 0 Å². The maximum atomic E-state index is 5.33. The zero-order chi connectivity index (χ0) is 13.9. The number of piperidine rings is 1. The summed E-state index contributed by atoms with van der Waals surface area (Å²) in [6, 6.07) is 0. The molecule has 114 valence electrons. The Hall–Kier alpha value is -0.120. The summed E-state index contributed by atoms with van der Waals surface area (Å²) in [5, 5.41) is 3.55. The van der Waals surface area contributed by atoms with Gasteiger partial charge in [-0.3, -0.25) is 0 Å². The van der Waals surface area contributed by atoms with Gasteiger partial charge in [-0.1, -0.05) is 13.8 Å². The molecular formula is C16H34N2O. The Bertz CT molecular complexity index is 201. The molecule has 0 unspecified atom stereocenters. The molecule has 1 heterocycles. The van der Waals surface area contributed by atoms with Crippen molar-refractivity contribution in [3.05, 3.63) is 0 Å². The molecule has 1 aliphatic rings. The van der Waals surface area contributed by atoms with E-state index in [4.69, 9.17) is 4.74 Å². The molecule has 0 atom stereocenters. The van der Waals surface area contributed by atoms with Gasteiger partial charge in [0.25, 0.3) is 0 Å². The number of hydrogen-bond donors (Lipinski definition) is 1. The lowest BCUT2D eigenvalue weighted by atomic mass is 9.87. The largest absolute Gasteiger partial charge is 0.382 e. The van der Waals surface area contributed by atoms with E-state index in [0.29, 0.717) is 0 Å². The summed E-state index contributed by atoms with van der Waals surface area (Å²) in [6.07, 6.45) is 5.20. The highest BCUT2D eigenvalue weighted by Gasteiger charge is 2.20. The van der Waals surface area contributed by atoms with Crippen molar-refractivity contribution in [2.75, 3.05) is 45.9 Å². The Morgan fingerprint density at radius 2 is 1.89 bits per heavy atom. The Kier molecular flexibility index (Phi) is 9.48. The first kappa shape index (κ1) is 16.9. The third-order valence-electron chi connectivity index (χ3n) is 4.28. The van der Waals surface area contributed by atoms with Gasteiger partial charge in [-0.05, 0) is 64.1 Å². The third-order valence-corrected chi connectivity index (χ3v) is 4.28. The molecule has 0 aliphatic carbocycles. The quantitative estimate of drug-likeness (QED) is 0.618. The van der Waals surface area contributed by atoms with Crippen LogP contribution in [0.5, 0.6) is 0 Å². The SMILES string of the molecule is CCOCCCCNCCN1CCC(C(C)C)CC1. The van der Waals surface area contributed by atoms with E-state index in [1.807, 2.05) is 0 Å². The first-order valence-electron chi connectivity index (χ1n) is 8.24. The summed E-state index contributed by atoms with van der Waals surface area (Å²) in [6.45, 7) is 14.6. The van der Waals surface area contributed by atoms with Crippen LogP contribution in [0.25, 0.3) is 0 Å². The minimum absolute atomic E-state index is 0.847. The topological polar surface area (TPSA) is 24.5 Å². The van der Waals surface area contributed by atoms with E-state index >= 15 is 0 Å². The Morgan fingerprint density at radius 1 is 1.16 bits per heavy atom. The van der Waals surface area contributed by atoms with Crippen LogP contribution in [0.3, 0.4) is 0 Å². The van der Waals surface area contributed by atoms with Gasteiger partial charge < -0.3 is 15.0 Å². The summed E-state index contributed by atoms with van der Waals surface area (Å²) in [5.41, 5.74) is 0. The van der Waals surface area contributed by atoms with Crippen molar-refractivity contribution in [3.63, 3.8) is 0 Å². The van der Waals surface area contributed by atoms with Crippen molar-refractivity contribution in [1.82, 2.24) is 10.2 Å². The summed E-state index contributed by atoms with van der Waals surface area (Å²) in [7, 11) is 0. The average molecular weight is 270 g/mol. The van der Waals surface area contributed by atoms with Crippen molar-refractivity contribution >= 4 is 0 Å². The molecule has 0 amide bonds. The highest BCUT2D eigenvalue weighted by molar-refractivity contribution is 4.74. The molecule has 1 rings (SSSR count). The fourth-order valence-corrected chi connectivity index (χ4v) is 2.80. The van der Waals surface area contributed by atoms with Gasteiger partial charge in [0.2, 0.25) is 0 Å². The highest BCUT2D eigenvalue weighted by Crippen LogP contribution is 2.23. The van der Waals surface area contributed by atoms with Crippen LogP contribution in [0.1, 0.15) is 46.5 Å². The first-order chi connectivity index (χ1) is 9.24. The predicted octanol–water partition coefficient (Wildman–Crippen LogP) is 2.76. The Morgan fingerprint density at radius 3 is 2.53 bits per heavy atom. The van der Waals surface area contributed by atoms with Crippen molar-refractivity contribution in [2.45, 2.75) is 46.5 Å². The summed E-state index contributed by atoms with van der Waals surface area (Å²) in [5.74, 6) is 1.83. The monoisotopic (exact) mass is 270 g/mol. The van der Waals surface area contributed by atoms with Gasteiger partial charge in [-0.15, -0.1) is 0 Å². The molecule has 0 spiro atoms. The molecule has 3 heteroatoms. The number of ether oxygens (including phenoxy) is 1. The van der Waals surface area contributed by atoms with Crippen LogP contribution >= 0.6 is 0 Å². The molecule has 0 bridgehead atoms. The van der Waals surface area contributed by atoms with Crippen LogP contribution in [0.15, 0.2) is 0 Å². The first-order valence-corrected chi connectivity index (χ1v) is 8.24. The summed E-state index contributed by atoms with van der Waals surface area (Å²) >= 11 is 0. The Balaban J connectivity index is 1.88. The molecular weight excluding hydrogens is 236 g/mol. The molecule has 0 aromatic carbocycles. The van der Waals surface area contributed by atoms with Crippen molar-refractivity contribution in [3.8, 4) is 0 Å². The highest BCUT2D eigenvalue weighted by atomic mass is 16.5. The Labute approximate surface area is 120 Å². The second-order valence-corrected chi connectivity index (χ2v) is 6.08. The van der Waals surface area contributed by atoms with Crippen LogP contribution in [0, 0.1) is 11.8 Å². The van der Waals surface area contributed by atoms with Crippen LogP contribution in [0.4, 0.5) is 0 Å². The molecule has 3 nitrogen and oxygen atoms in total. The lowest BCUT2D eigenvalue weighted by Gasteiger charge is -2.33. The zero-order valence-corrected chi connectivity index (χ0v) is 13.3. The number of nitrogens with zero attached hydrogens (tertiary/aromatic N) is 1. The van der Waals surface area contributed by atoms with Gasteiger partial charge in [0.1, 0.15) is 0 Å². The molecule has 1 fully saturated rings. The van der Waals surface area contributed by atoms with E-state index < -0.39 is 0 Å². The third kappa shape index (κ3) is 7.91. The summed E-state index contributed by atoms with van der Waals surface area (Å²) < 4.78 is 5.33. The van der Waals surface area contributed by atoms with Crippen LogP contribution < -0.4 is 5.32 Å². The molecule has 0 radical (unpaired) electrons. The molecule has 1 N–H and O–H groups in total. The van der Waals surface area contributed by atoms with E-state index in [0.717, 1.165) is 38.1 Å². The van der Waals surface area contributed by atoms with Crippen LogP contribution in [-0.4, -0.2) is 50.8 Å². The van der Waals surface area contributed by atoms with Gasteiger partial charge >= 0.3 is 0 Å². The second kappa shape index (κ2) is 10.6. The van der Waals surface area contributed by atoms with Crippen LogP contribution in [0.2, 0.25) is 0 Å². The maximum Gasteiger partial charge on any atom is 0.0466 e. The molecule has 0 aromatic rings. The molecule has 0 aromatic heterocycles. The minimum Gasteiger partial charge on any atom is -0.382 e. The average Bonchev–Trinajstić information content (AvgIpc) is 2.42. The van der Waals surface area contributed by atoms with E-state index in [9.17, 15) is 0 Å². The molecule has 1 saturated heterocycles. The number of nitrogens with one attached hydrogen (secondary N) is 1. The number of hydrogen-bond acceptors (Lipinski definition) is 3. The minimum atomic E-state index is 0.847. The maximum absolute atomic E-state index is 5.33. The van der Waals surface area contributed by atoms with E-state index in [1.165, 1.54) is 45.3 Å². The predicted molar refractivity (Wildman–Crippen MR) is 82.6 cm³/mol. The van der Waals surface area contributed by atoms with Gasteiger partial charge in [0.05, 0.1) is 0 Å². The fourth-order valence-electron chi connectivity index (χ4n) is 2.80. The van der Waals surface area contributed by atoms with Gasteiger partial charge in [-0.25, -0.2) is 0 Å². The van der Waals surface area contributed by atoms with Crippen molar-refractivity contribution < 1.29 is 4.74 Å². The smallest absolute Gasteiger partial charge is 0.0466 e.